The normalized spacial score (nSPS) is 12.8. The summed E-state index contributed by atoms with van der Waals surface area (Å²) in [6.45, 7) is 11.6. The summed E-state index contributed by atoms with van der Waals surface area (Å²) in [5.41, 5.74) is 2.47. The Hall–Kier alpha value is -1.02. The van der Waals surface area contributed by atoms with Crippen LogP contribution in [0.3, 0.4) is 0 Å². The second kappa shape index (κ2) is 6.65. The van der Waals surface area contributed by atoms with Gasteiger partial charge in [-0.2, -0.15) is 0 Å². The highest BCUT2D eigenvalue weighted by atomic mass is 16.5. The van der Waals surface area contributed by atoms with E-state index in [1.807, 2.05) is 0 Å². The molecule has 2 heteroatoms. The zero-order chi connectivity index (χ0) is 12.8. The van der Waals surface area contributed by atoms with Crippen LogP contribution in [0.2, 0.25) is 0 Å². The summed E-state index contributed by atoms with van der Waals surface area (Å²) in [5.74, 6) is 1.05. The van der Waals surface area contributed by atoms with Crippen molar-refractivity contribution in [2.24, 2.45) is 0 Å². The first-order valence-corrected chi connectivity index (χ1v) is 6.53. The van der Waals surface area contributed by atoms with Gasteiger partial charge in [0.05, 0.1) is 6.10 Å². The molecule has 0 aliphatic rings. The van der Waals surface area contributed by atoms with E-state index >= 15 is 0 Å². The average molecular weight is 235 g/mol. The fourth-order valence-electron chi connectivity index (χ4n) is 1.62. The van der Waals surface area contributed by atoms with Gasteiger partial charge in [-0.05, 0) is 25.8 Å². The highest BCUT2D eigenvalue weighted by molar-refractivity contribution is 5.40. The molecule has 0 amide bonds. The molecule has 1 N–H and O–H groups in total. The molecule has 1 aromatic carbocycles. The van der Waals surface area contributed by atoms with Crippen molar-refractivity contribution in [3.8, 4) is 5.75 Å². The third kappa shape index (κ3) is 4.39. The van der Waals surface area contributed by atoms with Crippen LogP contribution in [0.1, 0.15) is 45.2 Å². The zero-order valence-electron chi connectivity index (χ0n) is 11.7. The van der Waals surface area contributed by atoms with Gasteiger partial charge in [-0.3, -0.25) is 0 Å². The molecule has 0 bridgehead atoms. The number of aryl methyl sites for hydroxylation is 1. The highest BCUT2D eigenvalue weighted by Gasteiger charge is 2.10. The van der Waals surface area contributed by atoms with E-state index in [4.69, 9.17) is 4.74 Å². The molecule has 0 aliphatic carbocycles. The Morgan fingerprint density at radius 1 is 1.24 bits per heavy atom. The van der Waals surface area contributed by atoms with Gasteiger partial charge < -0.3 is 10.1 Å². The van der Waals surface area contributed by atoms with Crippen LogP contribution < -0.4 is 10.1 Å². The number of benzene rings is 1. The molecule has 0 spiro atoms. The number of hydrogen-bond donors (Lipinski definition) is 1. The van der Waals surface area contributed by atoms with Crippen molar-refractivity contribution < 1.29 is 4.74 Å². The third-order valence-electron chi connectivity index (χ3n) is 2.89. The Bertz CT molecular complexity index is 347. The van der Waals surface area contributed by atoms with Crippen LogP contribution in [-0.2, 0) is 6.54 Å². The largest absolute Gasteiger partial charge is 0.490 e. The summed E-state index contributed by atoms with van der Waals surface area (Å²) in [4.78, 5) is 0. The summed E-state index contributed by atoms with van der Waals surface area (Å²) in [5, 5.41) is 3.44. The van der Waals surface area contributed by atoms with Crippen molar-refractivity contribution in [3.63, 3.8) is 0 Å². The lowest BCUT2D eigenvalue weighted by Crippen LogP contribution is -2.23. The minimum atomic E-state index is 0.272. The molecule has 0 saturated carbocycles. The summed E-state index contributed by atoms with van der Waals surface area (Å²) in [7, 11) is 0. The summed E-state index contributed by atoms with van der Waals surface area (Å²) < 4.78 is 6.02. The number of nitrogens with one attached hydrogen (secondary N) is 1. The Morgan fingerprint density at radius 2 is 1.94 bits per heavy atom. The molecule has 1 aromatic rings. The molecule has 17 heavy (non-hydrogen) atoms. The van der Waals surface area contributed by atoms with E-state index in [0.29, 0.717) is 6.04 Å². The number of rotatable bonds is 6. The third-order valence-corrected chi connectivity index (χ3v) is 2.89. The second-order valence-corrected chi connectivity index (χ2v) is 4.94. The van der Waals surface area contributed by atoms with Crippen LogP contribution in [0.25, 0.3) is 0 Å². The average Bonchev–Trinajstić information content (AvgIpc) is 2.29. The lowest BCUT2D eigenvalue weighted by molar-refractivity contribution is 0.213. The molecule has 0 aliphatic heterocycles. The van der Waals surface area contributed by atoms with E-state index < -0.39 is 0 Å². The molecule has 1 atom stereocenters. The summed E-state index contributed by atoms with van der Waals surface area (Å²) >= 11 is 0. The molecular formula is C15H25NO. The lowest BCUT2D eigenvalue weighted by Gasteiger charge is -2.19. The van der Waals surface area contributed by atoms with Gasteiger partial charge in [0.15, 0.2) is 0 Å². The minimum Gasteiger partial charge on any atom is -0.490 e. The maximum absolute atomic E-state index is 6.02. The second-order valence-electron chi connectivity index (χ2n) is 4.94. The topological polar surface area (TPSA) is 21.3 Å². The van der Waals surface area contributed by atoms with Crippen molar-refractivity contribution in [1.82, 2.24) is 5.32 Å². The van der Waals surface area contributed by atoms with Crippen LogP contribution in [0.5, 0.6) is 5.75 Å². The molecule has 1 rings (SSSR count). The highest BCUT2D eigenvalue weighted by Crippen LogP contribution is 2.25. The van der Waals surface area contributed by atoms with Crippen molar-refractivity contribution in [1.29, 1.82) is 0 Å². The first-order chi connectivity index (χ1) is 8.04. The first kappa shape index (κ1) is 14.0. The molecule has 0 fully saturated rings. The minimum absolute atomic E-state index is 0.272. The smallest absolute Gasteiger partial charge is 0.127 e. The predicted octanol–water partition coefficient (Wildman–Crippen LogP) is 3.67. The fourth-order valence-corrected chi connectivity index (χ4v) is 1.62. The predicted molar refractivity (Wildman–Crippen MR) is 73.5 cm³/mol. The molecular weight excluding hydrogens is 210 g/mol. The van der Waals surface area contributed by atoms with Gasteiger partial charge in [-0.25, -0.2) is 0 Å². The zero-order valence-corrected chi connectivity index (χ0v) is 11.7. The Balaban J connectivity index is 2.84. The fraction of sp³-hybridized carbons (Fsp3) is 0.600. The van der Waals surface area contributed by atoms with E-state index in [0.717, 1.165) is 18.7 Å². The van der Waals surface area contributed by atoms with E-state index in [-0.39, 0.29) is 6.10 Å². The first-order valence-electron chi connectivity index (χ1n) is 6.53. The van der Waals surface area contributed by atoms with Crippen molar-refractivity contribution in [2.45, 2.75) is 59.7 Å². The van der Waals surface area contributed by atoms with Gasteiger partial charge >= 0.3 is 0 Å². The number of ether oxygens (including phenoxy) is 1. The summed E-state index contributed by atoms with van der Waals surface area (Å²) in [6, 6.07) is 6.83. The Morgan fingerprint density at radius 3 is 2.53 bits per heavy atom. The molecule has 1 unspecified atom stereocenters. The van der Waals surface area contributed by atoms with Crippen LogP contribution in [0.15, 0.2) is 18.2 Å². The van der Waals surface area contributed by atoms with Crippen LogP contribution >= 0.6 is 0 Å². The molecule has 96 valence electrons. The lowest BCUT2D eigenvalue weighted by atomic mass is 10.1. The van der Waals surface area contributed by atoms with Crippen LogP contribution in [0.4, 0.5) is 0 Å². The molecule has 2 nitrogen and oxygen atoms in total. The Kier molecular flexibility index (Phi) is 5.49. The maximum Gasteiger partial charge on any atom is 0.127 e. The van der Waals surface area contributed by atoms with E-state index in [1.165, 1.54) is 11.1 Å². The van der Waals surface area contributed by atoms with Crippen molar-refractivity contribution in [2.75, 3.05) is 0 Å². The van der Waals surface area contributed by atoms with Gasteiger partial charge in [0.25, 0.3) is 0 Å². The van der Waals surface area contributed by atoms with E-state index in [9.17, 15) is 0 Å². The summed E-state index contributed by atoms with van der Waals surface area (Å²) in [6.07, 6.45) is 1.31. The molecule has 0 radical (unpaired) electrons. The quantitative estimate of drug-likeness (QED) is 0.812. The van der Waals surface area contributed by atoms with Gasteiger partial charge in [-0.15, -0.1) is 0 Å². The standard InChI is InChI=1S/C15H25NO/c1-6-13(5)17-15-12(4)8-7-9-14(15)10-16-11(2)3/h7-9,11,13,16H,6,10H2,1-5H3. The van der Waals surface area contributed by atoms with Crippen molar-refractivity contribution in [3.05, 3.63) is 29.3 Å². The maximum atomic E-state index is 6.02. The number of hydrogen-bond acceptors (Lipinski definition) is 2. The van der Waals surface area contributed by atoms with Gasteiger partial charge in [0.1, 0.15) is 5.75 Å². The number of para-hydroxylation sites is 1. The van der Waals surface area contributed by atoms with Gasteiger partial charge in [0, 0.05) is 18.2 Å². The van der Waals surface area contributed by atoms with Gasteiger partial charge in [0.2, 0.25) is 0 Å². The monoisotopic (exact) mass is 235 g/mol. The molecule has 0 saturated heterocycles. The van der Waals surface area contributed by atoms with Gasteiger partial charge in [-0.1, -0.05) is 39.0 Å². The SMILES string of the molecule is CCC(C)Oc1c(C)cccc1CNC(C)C. The van der Waals surface area contributed by atoms with Crippen LogP contribution in [0, 0.1) is 6.92 Å². The van der Waals surface area contributed by atoms with E-state index in [2.05, 4.69) is 58.1 Å². The molecule has 0 heterocycles. The molecule has 0 aromatic heterocycles. The Labute approximate surface area is 105 Å². The van der Waals surface area contributed by atoms with E-state index in [1.54, 1.807) is 0 Å². The van der Waals surface area contributed by atoms with Crippen LogP contribution in [-0.4, -0.2) is 12.1 Å². The van der Waals surface area contributed by atoms with Crippen molar-refractivity contribution >= 4 is 0 Å².